The molecule has 0 amide bonds. The predicted octanol–water partition coefficient (Wildman–Crippen LogP) is 5.34. The van der Waals surface area contributed by atoms with E-state index in [-0.39, 0.29) is 23.7 Å². The van der Waals surface area contributed by atoms with Gasteiger partial charge in [0.1, 0.15) is 17.7 Å². The molecule has 2 aromatic carbocycles. The van der Waals surface area contributed by atoms with Crippen molar-refractivity contribution in [2.45, 2.75) is 25.6 Å². The van der Waals surface area contributed by atoms with Crippen molar-refractivity contribution >= 4 is 28.6 Å². The number of benzene rings is 2. The molecule has 0 radical (unpaired) electrons. The molecule has 4 rings (SSSR count). The average Bonchev–Trinajstić information content (AvgIpc) is 3.10. The monoisotopic (exact) mass is 398 g/mol. The Bertz CT molecular complexity index is 1010. The van der Waals surface area contributed by atoms with E-state index in [4.69, 9.17) is 16.6 Å². The van der Waals surface area contributed by atoms with Crippen molar-refractivity contribution in [2.24, 2.45) is 4.99 Å². The molecule has 2 heterocycles. The van der Waals surface area contributed by atoms with Crippen LogP contribution in [0.5, 0.6) is 11.5 Å². The van der Waals surface area contributed by atoms with Gasteiger partial charge in [0.25, 0.3) is 0 Å². The predicted molar refractivity (Wildman–Crippen MR) is 110 cm³/mol. The normalized spacial score (nSPS) is 19.7. The van der Waals surface area contributed by atoms with Crippen LogP contribution >= 0.6 is 22.9 Å². The third-order valence-corrected chi connectivity index (χ3v) is 6.08. The van der Waals surface area contributed by atoms with E-state index < -0.39 is 0 Å². The van der Waals surface area contributed by atoms with Gasteiger partial charge in [0.2, 0.25) is 0 Å². The molecular formula is C21H19ClN2O2S. The molecule has 0 fully saturated rings. The number of phenols is 2. The van der Waals surface area contributed by atoms with Gasteiger partial charge in [-0.15, -0.1) is 11.3 Å². The van der Waals surface area contributed by atoms with Crippen molar-refractivity contribution in [2.75, 3.05) is 0 Å². The Labute approximate surface area is 166 Å². The van der Waals surface area contributed by atoms with E-state index in [9.17, 15) is 10.2 Å². The van der Waals surface area contributed by atoms with Crippen LogP contribution in [0.3, 0.4) is 0 Å². The Balaban J connectivity index is 1.80. The molecule has 0 aliphatic carbocycles. The Kier molecular flexibility index (Phi) is 4.91. The zero-order valence-electron chi connectivity index (χ0n) is 14.7. The van der Waals surface area contributed by atoms with Gasteiger partial charge in [-0.3, -0.25) is 10.3 Å². The molecule has 1 aromatic heterocycles. The van der Waals surface area contributed by atoms with Crippen LogP contribution in [0.15, 0.2) is 58.9 Å². The van der Waals surface area contributed by atoms with E-state index in [2.05, 4.69) is 18.3 Å². The highest BCUT2D eigenvalue weighted by molar-refractivity contribution is 7.10. The van der Waals surface area contributed by atoms with Gasteiger partial charge >= 0.3 is 0 Å². The molecule has 0 saturated heterocycles. The highest BCUT2D eigenvalue weighted by atomic mass is 35.5. The molecule has 0 spiro atoms. The maximum atomic E-state index is 10.4. The van der Waals surface area contributed by atoms with Crippen molar-refractivity contribution < 1.29 is 10.2 Å². The highest BCUT2D eigenvalue weighted by Crippen LogP contribution is 2.38. The molecule has 27 heavy (non-hydrogen) atoms. The number of aryl methyl sites for hydroxylation is 1. The number of halogens is 1. The van der Waals surface area contributed by atoms with E-state index in [0.29, 0.717) is 17.0 Å². The second-order valence-electron chi connectivity index (χ2n) is 6.59. The summed E-state index contributed by atoms with van der Waals surface area (Å²) in [5.41, 5.74) is 3.40. The second kappa shape index (κ2) is 7.35. The van der Waals surface area contributed by atoms with E-state index in [1.165, 1.54) is 0 Å². The van der Waals surface area contributed by atoms with Crippen LogP contribution in [-0.4, -0.2) is 15.9 Å². The van der Waals surface area contributed by atoms with Gasteiger partial charge < -0.3 is 10.2 Å². The number of hydrogen-bond acceptors (Lipinski definition) is 5. The van der Waals surface area contributed by atoms with Crippen molar-refractivity contribution in [1.82, 2.24) is 5.32 Å². The summed E-state index contributed by atoms with van der Waals surface area (Å²) < 4.78 is 0. The van der Waals surface area contributed by atoms with Crippen molar-refractivity contribution in [1.29, 1.82) is 0 Å². The topological polar surface area (TPSA) is 64.9 Å². The second-order valence-corrected chi connectivity index (χ2v) is 7.97. The number of nitrogens with one attached hydrogen (secondary N) is 1. The van der Waals surface area contributed by atoms with E-state index in [1.807, 2.05) is 17.5 Å². The first kappa shape index (κ1) is 18.0. The first-order valence-electron chi connectivity index (χ1n) is 8.66. The number of hydrogen-bond donors (Lipinski definition) is 3. The molecule has 1 aliphatic heterocycles. The zero-order chi connectivity index (χ0) is 19.0. The van der Waals surface area contributed by atoms with Gasteiger partial charge in [0.05, 0.1) is 5.71 Å². The fourth-order valence-corrected chi connectivity index (χ4v) is 4.49. The van der Waals surface area contributed by atoms with Crippen molar-refractivity contribution in [3.05, 3.63) is 80.5 Å². The van der Waals surface area contributed by atoms with Crippen molar-refractivity contribution in [3.63, 3.8) is 0 Å². The number of nitrogens with zero attached hydrogens (tertiary/aromatic N) is 1. The van der Waals surface area contributed by atoms with Crippen LogP contribution < -0.4 is 5.32 Å². The van der Waals surface area contributed by atoms with E-state index in [1.54, 1.807) is 41.7 Å². The smallest absolute Gasteiger partial charge is 0.135 e. The summed E-state index contributed by atoms with van der Waals surface area (Å²) in [7, 11) is 0. The largest absolute Gasteiger partial charge is 0.508 e. The van der Waals surface area contributed by atoms with Gasteiger partial charge in [-0.05, 0) is 54.3 Å². The summed E-state index contributed by atoms with van der Waals surface area (Å²) in [6.07, 6.45) is 0.281. The average molecular weight is 399 g/mol. The Morgan fingerprint density at radius 2 is 1.93 bits per heavy atom. The lowest BCUT2D eigenvalue weighted by atomic mass is 9.93. The van der Waals surface area contributed by atoms with Crippen LogP contribution in [-0.2, 0) is 0 Å². The minimum absolute atomic E-state index is 0.178. The van der Waals surface area contributed by atoms with Gasteiger partial charge in [-0.25, -0.2) is 0 Å². The standard InChI is InChI=1S/C21H19ClN2O2S/c1-12-8-9-27-20(12)21-23-16(14-4-2-3-5-18(14)25)11-17(24-21)15-10-13(22)6-7-19(15)26/h2-10,17,21,24-26H,11H2,1H3/t17-,21+/m0/s1. The lowest BCUT2D eigenvalue weighted by Crippen LogP contribution is -2.33. The highest BCUT2D eigenvalue weighted by Gasteiger charge is 2.29. The lowest BCUT2D eigenvalue weighted by molar-refractivity contribution is 0.414. The summed E-state index contributed by atoms with van der Waals surface area (Å²) in [6.45, 7) is 2.06. The quantitative estimate of drug-likeness (QED) is 0.557. The minimum atomic E-state index is -0.253. The Morgan fingerprint density at radius 1 is 1.11 bits per heavy atom. The Morgan fingerprint density at radius 3 is 2.67 bits per heavy atom. The SMILES string of the molecule is Cc1ccsc1[C@@H]1N=C(c2ccccc2O)C[C@@H](c2cc(Cl)ccc2O)N1. The molecule has 3 aromatic rings. The third-order valence-electron chi connectivity index (χ3n) is 4.77. The third kappa shape index (κ3) is 3.58. The first-order valence-corrected chi connectivity index (χ1v) is 9.92. The van der Waals surface area contributed by atoms with Gasteiger partial charge in [-0.1, -0.05) is 23.7 Å². The molecule has 4 nitrogen and oxygen atoms in total. The summed E-state index contributed by atoms with van der Waals surface area (Å²) >= 11 is 7.81. The molecule has 6 heteroatoms. The molecule has 0 unspecified atom stereocenters. The molecule has 3 N–H and O–H groups in total. The maximum Gasteiger partial charge on any atom is 0.135 e. The summed E-state index contributed by atoms with van der Waals surface area (Å²) in [6, 6.07) is 14.2. The summed E-state index contributed by atoms with van der Waals surface area (Å²) in [5.74, 6) is 0.394. The van der Waals surface area contributed by atoms with Crippen LogP contribution in [0, 0.1) is 6.92 Å². The van der Waals surface area contributed by atoms with E-state index in [0.717, 1.165) is 21.7 Å². The van der Waals surface area contributed by atoms with Gasteiger partial charge in [-0.2, -0.15) is 0 Å². The van der Waals surface area contributed by atoms with Gasteiger partial charge in [0.15, 0.2) is 0 Å². The molecule has 0 bridgehead atoms. The summed E-state index contributed by atoms with van der Waals surface area (Å²) in [5, 5.41) is 26.8. The van der Waals surface area contributed by atoms with Crippen LogP contribution in [0.2, 0.25) is 5.02 Å². The van der Waals surface area contributed by atoms with Crippen molar-refractivity contribution in [3.8, 4) is 11.5 Å². The van der Waals surface area contributed by atoms with Crippen LogP contribution in [0.1, 0.15) is 40.2 Å². The number of thiophene rings is 1. The number of phenolic OH excluding ortho intramolecular Hbond substituents is 2. The van der Waals surface area contributed by atoms with Crippen LogP contribution in [0.25, 0.3) is 0 Å². The number of aromatic hydroxyl groups is 2. The lowest BCUT2D eigenvalue weighted by Gasteiger charge is -2.31. The Hall–Kier alpha value is -2.34. The zero-order valence-corrected chi connectivity index (χ0v) is 16.3. The summed E-state index contributed by atoms with van der Waals surface area (Å²) in [4.78, 5) is 6.00. The fourth-order valence-electron chi connectivity index (χ4n) is 3.39. The molecule has 138 valence electrons. The molecule has 1 aliphatic rings. The van der Waals surface area contributed by atoms with E-state index >= 15 is 0 Å². The first-order chi connectivity index (χ1) is 13.0. The number of para-hydroxylation sites is 1. The molecule has 0 saturated carbocycles. The van der Waals surface area contributed by atoms with Crippen LogP contribution in [0.4, 0.5) is 0 Å². The maximum absolute atomic E-state index is 10.4. The fraction of sp³-hybridized carbons (Fsp3) is 0.190. The number of aliphatic imine (C=N–C) groups is 1. The van der Waals surface area contributed by atoms with Gasteiger partial charge in [0, 0.05) is 33.5 Å². The minimum Gasteiger partial charge on any atom is -0.508 e. The number of rotatable bonds is 3. The molecule has 2 atom stereocenters. The molecular weight excluding hydrogens is 380 g/mol.